The average molecular weight is 280 g/mol. The molecule has 0 aliphatic rings. The van der Waals surface area contributed by atoms with Crippen LogP contribution in [0.3, 0.4) is 0 Å². The summed E-state index contributed by atoms with van der Waals surface area (Å²) in [6.07, 6.45) is -4.30. The van der Waals surface area contributed by atoms with Crippen molar-refractivity contribution in [3.63, 3.8) is 0 Å². The van der Waals surface area contributed by atoms with Gasteiger partial charge in [0.25, 0.3) is 0 Å². The Labute approximate surface area is 109 Å². The summed E-state index contributed by atoms with van der Waals surface area (Å²) in [7, 11) is 1.72. The van der Waals surface area contributed by atoms with E-state index in [2.05, 4.69) is 15.2 Å². The minimum Gasteiger partial charge on any atom is -0.394 e. The molecular formula is C11H19F3N4O. The van der Waals surface area contributed by atoms with Crippen molar-refractivity contribution in [1.82, 2.24) is 9.78 Å². The second-order valence-electron chi connectivity index (χ2n) is 4.52. The standard InChI is InChI=1S/C11H19F3N4O/c1-7(2)9-8(15)10(18(3)17-9)16-4-5-19-6-11(12,13)14/h7,16H,4-6,15H2,1-3H3. The lowest BCUT2D eigenvalue weighted by Gasteiger charge is -2.10. The number of nitrogens with one attached hydrogen (secondary N) is 1. The number of hydrogen-bond acceptors (Lipinski definition) is 4. The van der Waals surface area contributed by atoms with Gasteiger partial charge < -0.3 is 15.8 Å². The van der Waals surface area contributed by atoms with Crippen LogP contribution in [0, 0.1) is 0 Å². The van der Waals surface area contributed by atoms with E-state index in [1.165, 1.54) is 0 Å². The minimum absolute atomic E-state index is 0.0544. The van der Waals surface area contributed by atoms with Gasteiger partial charge in [0.1, 0.15) is 12.4 Å². The van der Waals surface area contributed by atoms with Crippen molar-refractivity contribution < 1.29 is 17.9 Å². The fourth-order valence-electron chi connectivity index (χ4n) is 1.63. The Morgan fingerprint density at radius 2 is 2.05 bits per heavy atom. The maximum atomic E-state index is 11.8. The SMILES string of the molecule is CC(C)c1nn(C)c(NCCOCC(F)(F)F)c1N. The first-order valence-electron chi connectivity index (χ1n) is 5.93. The second-order valence-corrected chi connectivity index (χ2v) is 4.52. The molecular weight excluding hydrogens is 261 g/mol. The zero-order valence-electron chi connectivity index (χ0n) is 11.2. The van der Waals surface area contributed by atoms with Crippen LogP contribution >= 0.6 is 0 Å². The zero-order chi connectivity index (χ0) is 14.6. The van der Waals surface area contributed by atoms with E-state index >= 15 is 0 Å². The molecule has 8 heteroatoms. The molecule has 0 radical (unpaired) electrons. The molecule has 0 spiro atoms. The third-order valence-corrected chi connectivity index (χ3v) is 2.46. The van der Waals surface area contributed by atoms with Gasteiger partial charge in [-0.3, -0.25) is 4.68 Å². The molecule has 3 N–H and O–H groups in total. The van der Waals surface area contributed by atoms with Crippen molar-refractivity contribution in [2.75, 3.05) is 30.8 Å². The predicted molar refractivity (Wildman–Crippen MR) is 67.1 cm³/mol. The fraction of sp³-hybridized carbons (Fsp3) is 0.727. The van der Waals surface area contributed by atoms with Crippen molar-refractivity contribution >= 4 is 11.5 Å². The van der Waals surface area contributed by atoms with Crippen molar-refractivity contribution in [2.45, 2.75) is 25.9 Å². The van der Waals surface area contributed by atoms with E-state index in [1.807, 2.05) is 13.8 Å². The average Bonchev–Trinajstić information content (AvgIpc) is 2.54. The van der Waals surface area contributed by atoms with Gasteiger partial charge in [-0.25, -0.2) is 0 Å². The van der Waals surface area contributed by atoms with Gasteiger partial charge in [-0.05, 0) is 5.92 Å². The summed E-state index contributed by atoms with van der Waals surface area (Å²) >= 11 is 0. The molecule has 5 nitrogen and oxygen atoms in total. The largest absolute Gasteiger partial charge is 0.411 e. The number of hydrogen-bond donors (Lipinski definition) is 2. The van der Waals surface area contributed by atoms with Crippen LogP contribution in [0.1, 0.15) is 25.5 Å². The normalized spacial score (nSPS) is 12.2. The van der Waals surface area contributed by atoms with E-state index in [0.29, 0.717) is 11.5 Å². The highest BCUT2D eigenvalue weighted by Gasteiger charge is 2.27. The lowest BCUT2D eigenvalue weighted by atomic mass is 10.1. The first-order chi connectivity index (χ1) is 8.72. The molecule has 0 fully saturated rings. The number of aryl methyl sites for hydroxylation is 1. The number of nitrogen functional groups attached to an aromatic ring is 1. The Balaban J connectivity index is 2.46. The predicted octanol–water partition coefficient (Wildman–Crippen LogP) is 2.12. The fourth-order valence-corrected chi connectivity index (χ4v) is 1.63. The quantitative estimate of drug-likeness (QED) is 0.783. The van der Waals surface area contributed by atoms with Crippen LogP contribution in [-0.2, 0) is 11.8 Å². The summed E-state index contributed by atoms with van der Waals surface area (Å²) < 4.78 is 41.6. The maximum absolute atomic E-state index is 11.8. The first kappa shape index (κ1) is 15.6. The number of rotatable bonds is 6. The van der Waals surface area contributed by atoms with Crippen LogP contribution in [0.2, 0.25) is 0 Å². The highest BCUT2D eigenvalue weighted by atomic mass is 19.4. The summed E-state index contributed by atoms with van der Waals surface area (Å²) in [5, 5.41) is 7.18. The highest BCUT2D eigenvalue weighted by molar-refractivity contribution is 5.65. The second kappa shape index (κ2) is 6.14. The molecule has 0 unspecified atom stereocenters. The molecule has 1 aromatic rings. The Bertz CT molecular complexity index is 415. The molecule has 0 aliphatic heterocycles. The van der Waals surface area contributed by atoms with E-state index in [-0.39, 0.29) is 19.1 Å². The Morgan fingerprint density at radius 3 is 2.53 bits per heavy atom. The number of ether oxygens (including phenoxy) is 1. The molecule has 1 heterocycles. The Morgan fingerprint density at radius 1 is 1.42 bits per heavy atom. The summed E-state index contributed by atoms with van der Waals surface area (Å²) in [4.78, 5) is 0. The third-order valence-electron chi connectivity index (χ3n) is 2.46. The van der Waals surface area contributed by atoms with Gasteiger partial charge in [0.15, 0.2) is 0 Å². The lowest BCUT2D eigenvalue weighted by molar-refractivity contribution is -0.172. The first-order valence-corrected chi connectivity index (χ1v) is 5.93. The minimum atomic E-state index is -4.30. The number of halogens is 3. The molecule has 1 rings (SSSR count). The smallest absolute Gasteiger partial charge is 0.394 e. The molecule has 110 valence electrons. The van der Waals surface area contributed by atoms with Crippen molar-refractivity contribution in [3.05, 3.63) is 5.69 Å². The van der Waals surface area contributed by atoms with Crippen molar-refractivity contribution in [2.24, 2.45) is 7.05 Å². The van der Waals surface area contributed by atoms with Crippen LogP contribution < -0.4 is 11.1 Å². The lowest BCUT2D eigenvalue weighted by Crippen LogP contribution is -2.20. The van der Waals surface area contributed by atoms with Gasteiger partial charge >= 0.3 is 6.18 Å². The summed E-state index contributed by atoms with van der Waals surface area (Å²) in [6.45, 7) is 2.87. The van der Waals surface area contributed by atoms with Crippen LogP contribution in [-0.4, -0.2) is 35.7 Å². The van der Waals surface area contributed by atoms with Crippen molar-refractivity contribution in [1.29, 1.82) is 0 Å². The number of alkyl halides is 3. The Hall–Kier alpha value is -1.44. The number of anilines is 2. The molecule has 0 aromatic carbocycles. The monoisotopic (exact) mass is 280 g/mol. The summed E-state index contributed by atoms with van der Waals surface area (Å²) in [5.41, 5.74) is 7.21. The molecule has 0 bridgehead atoms. The maximum Gasteiger partial charge on any atom is 0.411 e. The van der Waals surface area contributed by atoms with E-state index in [0.717, 1.165) is 5.69 Å². The molecule has 0 saturated carbocycles. The number of nitrogens with zero attached hydrogens (tertiary/aromatic N) is 2. The molecule has 0 amide bonds. The number of aromatic nitrogens is 2. The van der Waals surface area contributed by atoms with Crippen LogP contribution in [0.25, 0.3) is 0 Å². The van der Waals surface area contributed by atoms with E-state index in [1.54, 1.807) is 11.7 Å². The van der Waals surface area contributed by atoms with E-state index in [4.69, 9.17) is 5.73 Å². The van der Waals surface area contributed by atoms with Gasteiger partial charge in [0, 0.05) is 13.6 Å². The summed E-state index contributed by atoms with van der Waals surface area (Å²) in [5.74, 6) is 0.780. The topological polar surface area (TPSA) is 65.1 Å². The van der Waals surface area contributed by atoms with Gasteiger partial charge in [-0.15, -0.1) is 0 Å². The molecule has 0 atom stereocenters. The van der Waals surface area contributed by atoms with E-state index in [9.17, 15) is 13.2 Å². The number of nitrogens with two attached hydrogens (primary N) is 1. The van der Waals surface area contributed by atoms with Crippen LogP contribution in [0.5, 0.6) is 0 Å². The third kappa shape index (κ3) is 4.62. The molecule has 1 aromatic heterocycles. The van der Waals surface area contributed by atoms with Gasteiger partial charge in [0.05, 0.1) is 18.0 Å². The summed E-state index contributed by atoms with van der Waals surface area (Å²) in [6, 6.07) is 0. The molecule has 0 aliphatic carbocycles. The van der Waals surface area contributed by atoms with E-state index < -0.39 is 12.8 Å². The highest BCUT2D eigenvalue weighted by Crippen LogP contribution is 2.27. The van der Waals surface area contributed by atoms with Gasteiger partial charge in [-0.1, -0.05) is 13.8 Å². The van der Waals surface area contributed by atoms with Gasteiger partial charge in [0.2, 0.25) is 0 Å². The Kier molecular flexibility index (Phi) is 5.04. The van der Waals surface area contributed by atoms with Crippen molar-refractivity contribution in [3.8, 4) is 0 Å². The van der Waals surface area contributed by atoms with Gasteiger partial charge in [-0.2, -0.15) is 18.3 Å². The van der Waals surface area contributed by atoms with Crippen LogP contribution in [0.4, 0.5) is 24.7 Å². The zero-order valence-corrected chi connectivity index (χ0v) is 11.2. The molecule has 0 saturated heterocycles. The van der Waals surface area contributed by atoms with Crippen LogP contribution in [0.15, 0.2) is 0 Å². The molecule has 19 heavy (non-hydrogen) atoms.